The molecule has 0 fully saturated rings. The number of sulfonamides is 1. The van der Waals surface area contributed by atoms with Crippen LogP contribution in [0.2, 0.25) is 10.0 Å². The lowest BCUT2D eigenvalue weighted by molar-refractivity contribution is 0.0526. The van der Waals surface area contributed by atoms with Crippen molar-refractivity contribution in [3.8, 4) is 0 Å². The number of hydrogen-bond donors (Lipinski definition) is 2. The zero-order chi connectivity index (χ0) is 23.3. The fourth-order valence-corrected chi connectivity index (χ4v) is 4.27. The largest absolute Gasteiger partial charge is 0.462 e. The van der Waals surface area contributed by atoms with Gasteiger partial charge < -0.3 is 10.1 Å². The number of anilines is 2. The fourth-order valence-electron chi connectivity index (χ4n) is 2.74. The average Bonchev–Trinajstić information content (AvgIpc) is 2.75. The zero-order valence-corrected chi connectivity index (χ0v) is 19.1. The van der Waals surface area contributed by atoms with E-state index in [1.54, 1.807) is 25.1 Å². The summed E-state index contributed by atoms with van der Waals surface area (Å²) in [7, 11) is -3.80. The van der Waals surface area contributed by atoms with E-state index in [0.717, 1.165) is 0 Å². The van der Waals surface area contributed by atoms with E-state index in [1.807, 2.05) is 0 Å². The van der Waals surface area contributed by atoms with Crippen molar-refractivity contribution in [3.05, 3.63) is 87.9 Å². The first-order valence-electron chi connectivity index (χ1n) is 9.36. The second-order valence-electron chi connectivity index (χ2n) is 6.48. The van der Waals surface area contributed by atoms with E-state index in [9.17, 15) is 18.0 Å². The summed E-state index contributed by atoms with van der Waals surface area (Å²) in [6.45, 7) is 1.85. The molecule has 0 aliphatic carbocycles. The normalized spacial score (nSPS) is 11.0. The molecule has 10 heteroatoms. The second kappa shape index (κ2) is 10.0. The molecule has 0 unspecified atom stereocenters. The summed E-state index contributed by atoms with van der Waals surface area (Å²) in [5.74, 6) is -1.16. The maximum Gasteiger partial charge on any atom is 0.339 e. The first-order chi connectivity index (χ1) is 15.2. The molecule has 2 N–H and O–H groups in total. The van der Waals surface area contributed by atoms with Gasteiger partial charge in [-0.2, -0.15) is 0 Å². The summed E-state index contributed by atoms with van der Waals surface area (Å²) in [6, 6.07) is 16.4. The van der Waals surface area contributed by atoms with Crippen LogP contribution in [0.1, 0.15) is 27.6 Å². The zero-order valence-electron chi connectivity index (χ0n) is 16.8. The number of halogens is 2. The molecule has 166 valence electrons. The number of carbonyl (C=O) groups excluding carboxylic acids is 2. The standard InChI is InChI=1S/C22H18Cl2N2O5S/c1-2-31-22(28)18-12-14(9-11-19(18)23)25-21(27)17-10-8-15(13-20(17)24)26-32(29,30)16-6-4-3-5-7-16/h3-13,26H,2H2,1H3,(H,25,27). The third-order valence-electron chi connectivity index (χ3n) is 4.24. The van der Waals surface area contributed by atoms with Crippen LogP contribution in [0.4, 0.5) is 11.4 Å². The van der Waals surface area contributed by atoms with Crippen LogP contribution < -0.4 is 10.0 Å². The lowest BCUT2D eigenvalue weighted by Crippen LogP contribution is -2.15. The van der Waals surface area contributed by atoms with E-state index in [1.165, 1.54) is 48.5 Å². The van der Waals surface area contributed by atoms with Crippen molar-refractivity contribution < 1.29 is 22.7 Å². The lowest BCUT2D eigenvalue weighted by Gasteiger charge is -2.12. The van der Waals surface area contributed by atoms with Crippen molar-refractivity contribution in [2.24, 2.45) is 0 Å². The molecule has 3 aromatic carbocycles. The fraction of sp³-hybridized carbons (Fsp3) is 0.0909. The van der Waals surface area contributed by atoms with Crippen LogP contribution in [0.25, 0.3) is 0 Å². The molecule has 0 aliphatic rings. The van der Waals surface area contributed by atoms with E-state index in [4.69, 9.17) is 27.9 Å². The number of esters is 1. The first-order valence-corrected chi connectivity index (χ1v) is 11.6. The molecular formula is C22H18Cl2N2O5S. The summed E-state index contributed by atoms with van der Waals surface area (Å²) in [5.41, 5.74) is 0.740. The van der Waals surface area contributed by atoms with Gasteiger partial charge in [0.2, 0.25) is 0 Å². The van der Waals surface area contributed by atoms with Crippen molar-refractivity contribution in [2.45, 2.75) is 11.8 Å². The highest BCUT2D eigenvalue weighted by atomic mass is 35.5. The van der Waals surface area contributed by atoms with E-state index in [0.29, 0.717) is 5.69 Å². The van der Waals surface area contributed by atoms with Crippen molar-refractivity contribution in [2.75, 3.05) is 16.6 Å². The molecule has 7 nitrogen and oxygen atoms in total. The number of rotatable bonds is 7. The Bertz CT molecular complexity index is 1260. The molecule has 0 aromatic heterocycles. The Hall–Kier alpha value is -3.07. The summed E-state index contributed by atoms with van der Waals surface area (Å²) in [5, 5.41) is 2.86. The minimum atomic E-state index is -3.80. The van der Waals surface area contributed by atoms with Gasteiger partial charge in [0.1, 0.15) is 0 Å². The van der Waals surface area contributed by atoms with Gasteiger partial charge in [0.15, 0.2) is 0 Å². The van der Waals surface area contributed by atoms with Crippen LogP contribution in [0.3, 0.4) is 0 Å². The van der Waals surface area contributed by atoms with Crippen LogP contribution in [-0.2, 0) is 14.8 Å². The maximum atomic E-state index is 12.7. The van der Waals surface area contributed by atoms with Crippen molar-refractivity contribution in [1.82, 2.24) is 0 Å². The third-order valence-corrected chi connectivity index (χ3v) is 6.28. The first kappa shape index (κ1) is 23.6. The number of hydrogen-bond acceptors (Lipinski definition) is 5. The van der Waals surface area contributed by atoms with Crippen molar-refractivity contribution in [3.63, 3.8) is 0 Å². The summed E-state index contributed by atoms with van der Waals surface area (Å²) in [4.78, 5) is 24.7. The van der Waals surface area contributed by atoms with Gasteiger partial charge in [0.05, 0.1) is 38.4 Å². The Balaban J connectivity index is 1.77. The minimum absolute atomic E-state index is 0.0374. The molecule has 0 aliphatic heterocycles. The quantitative estimate of drug-likeness (QED) is 0.440. The van der Waals surface area contributed by atoms with Gasteiger partial charge in [-0.3, -0.25) is 9.52 Å². The van der Waals surface area contributed by atoms with Crippen LogP contribution in [0.5, 0.6) is 0 Å². The number of benzene rings is 3. The molecule has 0 radical (unpaired) electrons. The Kier molecular flexibility index (Phi) is 7.40. The molecule has 0 saturated carbocycles. The molecule has 32 heavy (non-hydrogen) atoms. The van der Waals surface area contributed by atoms with Crippen molar-refractivity contribution in [1.29, 1.82) is 0 Å². The summed E-state index contributed by atoms with van der Waals surface area (Å²) >= 11 is 12.3. The van der Waals surface area contributed by atoms with E-state index >= 15 is 0 Å². The Morgan fingerprint density at radius 2 is 1.56 bits per heavy atom. The number of amides is 1. The van der Waals surface area contributed by atoms with E-state index in [2.05, 4.69) is 10.0 Å². The maximum absolute atomic E-state index is 12.7. The van der Waals surface area contributed by atoms with E-state index < -0.39 is 21.9 Å². The molecule has 3 rings (SSSR count). The number of nitrogens with one attached hydrogen (secondary N) is 2. The van der Waals surface area contributed by atoms with Crippen LogP contribution in [-0.4, -0.2) is 26.9 Å². The smallest absolute Gasteiger partial charge is 0.339 e. The molecule has 0 heterocycles. The van der Waals surface area contributed by atoms with Gasteiger partial charge in [-0.25, -0.2) is 13.2 Å². The van der Waals surface area contributed by atoms with Gasteiger partial charge in [-0.15, -0.1) is 0 Å². The molecule has 0 atom stereocenters. The lowest BCUT2D eigenvalue weighted by atomic mass is 10.1. The van der Waals surface area contributed by atoms with Crippen LogP contribution in [0.15, 0.2) is 71.6 Å². The molecule has 0 saturated heterocycles. The van der Waals surface area contributed by atoms with Crippen LogP contribution >= 0.6 is 23.2 Å². The SMILES string of the molecule is CCOC(=O)c1cc(NC(=O)c2ccc(NS(=O)(=O)c3ccccc3)cc2Cl)ccc1Cl. The molecule has 3 aromatic rings. The highest BCUT2D eigenvalue weighted by molar-refractivity contribution is 7.92. The molecule has 0 bridgehead atoms. The second-order valence-corrected chi connectivity index (χ2v) is 8.98. The van der Waals surface area contributed by atoms with Crippen molar-refractivity contribution >= 4 is 56.5 Å². The van der Waals surface area contributed by atoms with Crippen LogP contribution in [0, 0.1) is 0 Å². The van der Waals surface area contributed by atoms with Gasteiger partial charge in [-0.05, 0) is 55.5 Å². The van der Waals surface area contributed by atoms with Gasteiger partial charge in [0.25, 0.3) is 15.9 Å². The highest BCUT2D eigenvalue weighted by Gasteiger charge is 2.17. The predicted octanol–water partition coefficient (Wildman–Crippen LogP) is 5.22. The minimum Gasteiger partial charge on any atom is -0.462 e. The Morgan fingerprint density at radius 3 is 2.22 bits per heavy atom. The summed E-state index contributed by atoms with van der Waals surface area (Å²) in [6.07, 6.45) is 0. The van der Waals surface area contributed by atoms with Gasteiger partial charge >= 0.3 is 5.97 Å². The Morgan fingerprint density at radius 1 is 0.875 bits per heavy atom. The highest BCUT2D eigenvalue weighted by Crippen LogP contribution is 2.26. The predicted molar refractivity (Wildman–Crippen MR) is 124 cm³/mol. The molecular weight excluding hydrogens is 475 g/mol. The monoisotopic (exact) mass is 492 g/mol. The third kappa shape index (κ3) is 5.59. The topological polar surface area (TPSA) is 102 Å². The average molecular weight is 493 g/mol. The summed E-state index contributed by atoms with van der Waals surface area (Å²) < 4.78 is 32.3. The van der Waals surface area contributed by atoms with Gasteiger partial charge in [-0.1, -0.05) is 41.4 Å². The number of ether oxygens (including phenoxy) is 1. The molecule has 0 spiro atoms. The van der Waals surface area contributed by atoms with E-state index in [-0.39, 0.29) is 38.4 Å². The Labute approximate surface area is 195 Å². The van der Waals surface area contributed by atoms with Gasteiger partial charge in [0, 0.05) is 5.69 Å². The number of carbonyl (C=O) groups is 2. The molecule has 1 amide bonds.